The van der Waals surface area contributed by atoms with E-state index in [4.69, 9.17) is 15.2 Å². The Morgan fingerprint density at radius 3 is 2.45 bits per heavy atom. The van der Waals surface area contributed by atoms with Crippen molar-refractivity contribution in [1.82, 2.24) is 9.80 Å². The molecule has 0 saturated carbocycles. The zero-order chi connectivity index (χ0) is 22.8. The highest BCUT2D eigenvalue weighted by molar-refractivity contribution is 14.0. The van der Waals surface area contributed by atoms with Crippen LogP contribution in [0.1, 0.15) is 5.56 Å². The molecule has 1 heterocycles. The van der Waals surface area contributed by atoms with Crippen LogP contribution in [0.2, 0.25) is 0 Å². The molecule has 0 atom stereocenters. The summed E-state index contributed by atoms with van der Waals surface area (Å²) in [5.41, 5.74) is 8.34. The van der Waals surface area contributed by atoms with Crippen molar-refractivity contribution in [3.63, 3.8) is 0 Å². The van der Waals surface area contributed by atoms with E-state index in [0.29, 0.717) is 25.7 Å². The topological polar surface area (TPSA) is 66.6 Å². The number of halogens is 2. The second-order valence-electron chi connectivity index (χ2n) is 7.92. The summed E-state index contributed by atoms with van der Waals surface area (Å²) in [6.45, 7) is 6.77. The van der Waals surface area contributed by atoms with Gasteiger partial charge in [-0.1, -0.05) is 12.1 Å². The molecule has 33 heavy (non-hydrogen) atoms. The molecule has 3 rings (SSSR count). The van der Waals surface area contributed by atoms with Gasteiger partial charge < -0.3 is 29.9 Å². The molecule has 1 aliphatic rings. The third kappa shape index (κ3) is 8.98. The Morgan fingerprint density at radius 2 is 1.76 bits per heavy atom. The standard InChI is InChI=1S/C24H34FN5O2.HI/c1-28(14-16-31-2)15-17-32-23-5-3-4-20(18-23)19-27-24(26)30-12-10-29(11-13-30)22-8-6-21(25)7-9-22;/h3-9,18H,10-17,19H2,1-2H3,(H2,26,27);1H. The van der Waals surface area contributed by atoms with Crippen molar-refractivity contribution < 1.29 is 13.9 Å². The highest BCUT2D eigenvalue weighted by atomic mass is 127. The summed E-state index contributed by atoms with van der Waals surface area (Å²) in [5, 5.41) is 0. The van der Waals surface area contributed by atoms with Gasteiger partial charge in [0.1, 0.15) is 18.2 Å². The summed E-state index contributed by atoms with van der Waals surface area (Å²) in [4.78, 5) is 11.1. The van der Waals surface area contributed by atoms with E-state index in [-0.39, 0.29) is 29.8 Å². The lowest BCUT2D eigenvalue weighted by molar-refractivity contribution is 0.150. The van der Waals surface area contributed by atoms with Crippen LogP contribution in [0.4, 0.5) is 10.1 Å². The van der Waals surface area contributed by atoms with E-state index in [2.05, 4.69) is 26.7 Å². The number of aliphatic imine (C=N–C) groups is 1. The molecular formula is C24H35FIN5O2. The summed E-state index contributed by atoms with van der Waals surface area (Å²) in [5.74, 6) is 1.17. The smallest absolute Gasteiger partial charge is 0.191 e. The molecule has 1 fully saturated rings. The second kappa shape index (κ2) is 14.2. The number of nitrogens with two attached hydrogens (primary N) is 1. The van der Waals surface area contributed by atoms with E-state index in [1.165, 1.54) is 12.1 Å². The molecule has 0 bridgehead atoms. The maximum Gasteiger partial charge on any atom is 0.191 e. The minimum Gasteiger partial charge on any atom is -0.492 e. The normalized spacial score (nSPS) is 14.4. The number of nitrogens with zero attached hydrogens (tertiary/aromatic N) is 4. The maximum atomic E-state index is 13.1. The van der Waals surface area contributed by atoms with Crippen LogP contribution in [0.5, 0.6) is 5.75 Å². The highest BCUT2D eigenvalue weighted by Crippen LogP contribution is 2.17. The molecule has 2 aromatic carbocycles. The van der Waals surface area contributed by atoms with Crippen LogP contribution in [-0.2, 0) is 11.3 Å². The van der Waals surface area contributed by atoms with Crippen molar-refractivity contribution in [2.24, 2.45) is 10.7 Å². The minimum atomic E-state index is -0.215. The summed E-state index contributed by atoms with van der Waals surface area (Å²) >= 11 is 0. The number of piperazine rings is 1. The van der Waals surface area contributed by atoms with Gasteiger partial charge in [0.25, 0.3) is 0 Å². The largest absolute Gasteiger partial charge is 0.492 e. The molecule has 182 valence electrons. The fourth-order valence-corrected chi connectivity index (χ4v) is 3.53. The molecule has 9 heteroatoms. The molecule has 7 nitrogen and oxygen atoms in total. The number of guanidine groups is 1. The first-order valence-corrected chi connectivity index (χ1v) is 11.0. The second-order valence-corrected chi connectivity index (χ2v) is 7.92. The summed E-state index contributed by atoms with van der Waals surface area (Å²) in [6, 6.07) is 14.6. The van der Waals surface area contributed by atoms with Gasteiger partial charge in [-0.25, -0.2) is 9.38 Å². The minimum absolute atomic E-state index is 0. The van der Waals surface area contributed by atoms with Gasteiger partial charge in [-0.15, -0.1) is 24.0 Å². The van der Waals surface area contributed by atoms with Crippen LogP contribution in [0.3, 0.4) is 0 Å². The molecular weight excluding hydrogens is 536 g/mol. The molecule has 0 amide bonds. The SMILES string of the molecule is COCCN(C)CCOc1cccc(CN=C(N)N2CCN(c3ccc(F)cc3)CC2)c1.I. The molecule has 0 aliphatic carbocycles. The number of methoxy groups -OCH3 is 1. The van der Waals surface area contributed by atoms with Gasteiger partial charge in [0.15, 0.2) is 5.96 Å². The summed E-state index contributed by atoms with van der Waals surface area (Å²) in [6.07, 6.45) is 0. The lowest BCUT2D eigenvalue weighted by Crippen LogP contribution is -2.51. The number of hydrogen-bond acceptors (Lipinski definition) is 5. The number of ether oxygens (including phenoxy) is 2. The van der Waals surface area contributed by atoms with Gasteiger partial charge in [0, 0.05) is 52.1 Å². The fourth-order valence-electron chi connectivity index (χ4n) is 3.53. The zero-order valence-electron chi connectivity index (χ0n) is 19.5. The Labute approximate surface area is 213 Å². The van der Waals surface area contributed by atoms with E-state index in [9.17, 15) is 4.39 Å². The van der Waals surface area contributed by atoms with Crippen LogP contribution in [0.25, 0.3) is 0 Å². The van der Waals surface area contributed by atoms with Crippen LogP contribution < -0.4 is 15.4 Å². The monoisotopic (exact) mass is 571 g/mol. The van der Waals surface area contributed by atoms with E-state index >= 15 is 0 Å². The van der Waals surface area contributed by atoms with Crippen LogP contribution in [0.15, 0.2) is 53.5 Å². The molecule has 2 aromatic rings. The number of hydrogen-bond donors (Lipinski definition) is 1. The Balaban J connectivity index is 0.00000385. The zero-order valence-corrected chi connectivity index (χ0v) is 21.8. The predicted octanol–water partition coefficient (Wildman–Crippen LogP) is 3.04. The number of anilines is 1. The van der Waals surface area contributed by atoms with Crippen molar-refractivity contribution in [2.75, 3.05) is 71.5 Å². The Kier molecular flexibility index (Phi) is 11.7. The highest BCUT2D eigenvalue weighted by Gasteiger charge is 2.18. The van der Waals surface area contributed by atoms with Crippen molar-refractivity contribution in [3.8, 4) is 5.75 Å². The number of benzene rings is 2. The van der Waals surface area contributed by atoms with Crippen molar-refractivity contribution in [3.05, 3.63) is 59.9 Å². The van der Waals surface area contributed by atoms with Gasteiger partial charge in [-0.3, -0.25) is 0 Å². The van der Waals surface area contributed by atoms with Crippen molar-refractivity contribution in [1.29, 1.82) is 0 Å². The number of likely N-dealkylation sites (N-methyl/N-ethyl adjacent to an activating group) is 1. The number of rotatable bonds is 10. The first-order valence-electron chi connectivity index (χ1n) is 11.0. The molecule has 0 radical (unpaired) electrons. The lowest BCUT2D eigenvalue weighted by atomic mass is 10.2. The fraction of sp³-hybridized carbons (Fsp3) is 0.458. The van der Waals surface area contributed by atoms with E-state index < -0.39 is 0 Å². The predicted molar refractivity (Wildman–Crippen MR) is 142 cm³/mol. The maximum absolute atomic E-state index is 13.1. The molecule has 1 aliphatic heterocycles. The van der Waals surface area contributed by atoms with Crippen LogP contribution in [0, 0.1) is 5.82 Å². The summed E-state index contributed by atoms with van der Waals surface area (Å²) in [7, 11) is 3.76. The van der Waals surface area contributed by atoms with Gasteiger partial charge in [0.2, 0.25) is 0 Å². The van der Waals surface area contributed by atoms with Gasteiger partial charge >= 0.3 is 0 Å². The van der Waals surface area contributed by atoms with Crippen LogP contribution >= 0.6 is 24.0 Å². The van der Waals surface area contributed by atoms with Gasteiger partial charge in [0.05, 0.1) is 13.2 Å². The molecule has 0 aromatic heterocycles. The lowest BCUT2D eigenvalue weighted by Gasteiger charge is -2.36. The third-order valence-corrected chi connectivity index (χ3v) is 5.54. The Bertz CT molecular complexity index is 860. The molecule has 0 unspecified atom stereocenters. The Morgan fingerprint density at radius 1 is 1.06 bits per heavy atom. The average Bonchev–Trinajstić information content (AvgIpc) is 2.82. The summed E-state index contributed by atoms with van der Waals surface area (Å²) < 4.78 is 24.1. The van der Waals surface area contributed by atoms with Crippen molar-refractivity contribution >= 4 is 35.6 Å². The van der Waals surface area contributed by atoms with E-state index in [1.54, 1.807) is 7.11 Å². The first-order chi connectivity index (χ1) is 15.5. The first kappa shape index (κ1) is 27.1. The molecule has 2 N–H and O–H groups in total. The molecule has 1 saturated heterocycles. The quantitative estimate of drug-likeness (QED) is 0.269. The average molecular weight is 571 g/mol. The molecule has 0 spiro atoms. The van der Waals surface area contributed by atoms with Gasteiger partial charge in [-0.2, -0.15) is 0 Å². The van der Waals surface area contributed by atoms with Crippen LogP contribution in [-0.4, -0.2) is 82.4 Å². The van der Waals surface area contributed by atoms with Gasteiger partial charge in [-0.05, 0) is 49.0 Å². The van der Waals surface area contributed by atoms with Crippen molar-refractivity contribution in [2.45, 2.75) is 6.54 Å². The van der Waals surface area contributed by atoms with E-state index in [0.717, 1.165) is 56.3 Å². The Hall–Kier alpha value is -2.11. The van der Waals surface area contributed by atoms with E-state index in [1.807, 2.05) is 36.4 Å². The third-order valence-electron chi connectivity index (χ3n) is 5.54.